The summed E-state index contributed by atoms with van der Waals surface area (Å²) in [4.78, 5) is 2.46. The first-order valence-electron chi connectivity index (χ1n) is 6.20. The van der Waals surface area contributed by atoms with Crippen LogP contribution in [0.2, 0.25) is 0 Å². The summed E-state index contributed by atoms with van der Waals surface area (Å²) in [5.41, 5.74) is 3.01. The normalized spacial score (nSPS) is 16.4. The number of hydrogen-bond donors (Lipinski definition) is 0. The molecule has 0 N–H and O–H groups in total. The highest BCUT2D eigenvalue weighted by Crippen LogP contribution is 2.17. The zero-order chi connectivity index (χ0) is 12.1. The molecule has 0 aromatic heterocycles. The van der Waals surface area contributed by atoms with Crippen molar-refractivity contribution in [1.82, 2.24) is 4.90 Å². The molecule has 0 atom stereocenters. The van der Waals surface area contributed by atoms with Crippen LogP contribution in [0.25, 0.3) is 5.57 Å². The van der Waals surface area contributed by atoms with Gasteiger partial charge in [0.05, 0.1) is 11.6 Å². The largest absolute Gasteiger partial charge is 0.299 e. The molecular formula is C15H18N2. The van der Waals surface area contributed by atoms with Gasteiger partial charge in [-0.05, 0) is 49.2 Å². The third-order valence-corrected chi connectivity index (χ3v) is 3.29. The van der Waals surface area contributed by atoms with Crippen LogP contribution in [0.15, 0.2) is 30.8 Å². The van der Waals surface area contributed by atoms with Crippen LogP contribution in [0.3, 0.4) is 0 Å². The minimum absolute atomic E-state index is 0.708. The van der Waals surface area contributed by atoms with E-state index < -0.39 is 0 Å². The molecule has 17 heavy (non-hydrogen) atoms. The number of likely N-dealkylation sites (tertiary alicyclic amines) is 1. The van der Waals surface area contributed by atoms with Gasteiger partial charge in [0.15, 0.2) is 0 Å². The second-order valence-electron chi connectivity index (χ2n) is 4.63. The monoisotopic (exact) mass is 226 g/mol. The molecule has 1 aliphatic rings. The summed E-state index contributed by atoms with van der Waals surface area (Å²) in [6.07, 6.45) is 3.97. The molecule has 0 radical (unpaired) electrons. The zero-order valence-electron chi connectivity index (χ0n) is 10.2. The number of nitriles is 1. The molecule has 2 heteroatoms. The molecule has 0 unspecified atom stereocenters. The number of piperidine rings is 1. The fourth-order valence-corrected chi connectivity index (χ4v) is 2.26. The van der Waals surface area contributed by atoms with Crippen molar-refractivity contribution in [3.63, 3.8) is 0 Å². The van der Waals surface area contributed by atoms with Crippen molar-refractivity contribution >= 4 is 5.57 Å². The van der Waals surface area contributed by atoms with Crippen molar-refractivity contribution in [2.75, 3.05) is 19.6 Å². The van der Waals surface area contributed by atoms with Gasteiger partial charge in [0.2, 0.25) is 0 Å². The van der Waals surface area contributed by atoms with Crippen LogP contribution in [0.4, 0.5) is 0 Å². The predicted octanol–water partition coefficient (Wildman–Crippen LogP) is 3.06. The predicted molar refractivity (Wildman–Crippen MR) is 70.5 cm³/mol. The third kappa shape index (κ3) is 3.18. The first kappa shape index (κ1) is 11.9. The number of nitrogens with zero attached hydrogens (tertiary/aromatic N) is 2. The Morgan fingerprint density at radius 3 is 2.41 bits per heavy atom. The maximum Gasteiger partial charge on any atom is 0.0991 e. The molecule has 0 saturated carbocycles. The van der Waals surface area contributed by atoms with E-state index in [0.717, 1.165) is 17.7 Å². The second-order valence-corrected chi connectivity index (χ2v) is 4.63. The summed E-state index contributed by atoms with van der Waals surface area (Å²) in [6.45, 7) is 7.48. The second kappa shape index (κ2) is 5.65. The summed E-state index contributed by atoms with van der Waals surface area (Å²) < 4.78 is 0. The number of benzene rings is 1. The van der Waals surface area contributed by atoms with Crippen LogP contribution in [0.5, 0.6) is 0 Å². The van der Waals surface area contributed by atoms with Gasteiger partial charge < -0.3 is 0 Å². The Kier molecular flexibility index (Phi) is 3.95. The Hall–Kier alpha value is -1.59. The minimum atomic E-state index is 0.708. The summed E-state index contributed by atoms with van der Waals surface area (Å²) in [5.74, 6) is 0. The molecule has 1 saturated heterocycles. The summed E-state index contributed by atoms with van der Waals surface area (Å²) in [6, 6.07) is 9.83. The van der Waals surface area contributed by atoms with Crippen LogP contribution in [-0.2, 0) is 0 Å². The average molecular weight is 226 g/mol. The third-order valence-electron chi connectivity index (χ3n) is 3.29. The van der Waals surface area contributed by atoms with Crippen molar-refractivity contribution < 1.29 is 0 Å². The van der Waals surface area contributed by atoms with Crippen molar-refractivity contribution in [2.24, 2.45) is 0 Å². The summed E-state index contributed by atoms with van der Waals surface area (Å²) in [7, 11) is 0. The molecule has 0 amide bonds. The molecule has 0 spiro atoms. The van der Waals surface area contributed by atoms with Gasteiger partial charge in [-0.2, -0.15) is 5.26 Å². The van der Waals surface area contributed by atoms with E-state index in [-0.39, 0.29) is 0 Å². The van der Waals surface area contributed by atoms with Gasteiger partial charge in [0, 0.05) is 6.54 Å². The molecule has 1 aromatic rings. The molecular weight excluding hydrogens is 208 g/mol. The maximum atomic E-state index is 8.75. The SMILES string of the molecule is C=C(CN1CCCCC1)c1ccc(C#N)cc1. The quantitative estimate of drug-likeness (QED) is 0.792. The number of hydrogen-bond acceptors (Lipinski definition) is 2. The highest BCUT2D eigenvalue weighted by atomic mass is 15.1. The smallest absolute Gasteiger partial charge is 0.0991 e. The van der Waals surface area contributed by atoms with E-state index in [2.05, 4.69) is 17.5 Å². The number of rotatable bonds is 3. The Bertz CT molecular complexity index is 419. The lowest BCUT2D eigenvalue weighted by atomic mass is 10.0. The van der Waals surface area contributed by atoms with E-state index in [0.29, 0.717) is 5.56 Å². The van der Waals surface area contributed by atoms with Crippen molar-refractivity contribution in [2.45, 2.75) is 19.3 Å². The van der Waals surface area contributed by atoms with Crippen molar-refractivity contribution in [1.29, 1.82) is 5.26 Å². The van der Waals surface area contributed by atoms with E-state index in [1.807, 2.05) is 24.3 Å². The van der Waals surface area contributed by atoms with Gasteiger partial charge in [0.25, 0.3) is 0 Å². The van der Waals surface area contributed by atoms with E-state index >= 15 is 0 Å². The van der Waals surface area contributed by atoms with Gasteiger partial charge in [-0.15, -0.1) is 0 Å². The van der Waals surface area contributed by atoms with E-state index in [4.69, 9.17) is 5.26 Å². The first-order chi connectivity index (χ1) is 8.29. The minimum Gasteiger partial charge on any atom is -0.299 e. The molecule has 1 aliphatic heterocycles. The Morgan fingerprint density at radius 2 is 1.82 bits per heavy atom. The molecule has 1 heterocycles. The van der Waals surface area contributed by atoms with Gasteiger partial charge in [-0.25, -0.2) is 0 Å². The molecule has 1 aromatic carbocycles. The van der Waals surface area contributed by atoms with E-state index in [1.54, 1.807) is 0 Å². The fourth-order valence-electron chi connectivity index (χ4n) is 2.26. The lowest BCUT2D eigenvalue weighted by molar-refractivity contribution is 0.255. The summed E-state index contributed by atoms with van der Waals surface area (Å²) in [5, 5.41) is 8.75. The van der Waals surface area contributed by atoms with Gasteiger partial charge in [0.1, 0.15) is 0 Å². The Labute approximate surface area is 103 Å². The van der Waals surface area contributed by atoms with Crippen LogP contribution in [0.1, 0.15) is 30.4 Å². The lowest BCUT2D eigenvalue weighted by Crippen LogP contribution is -2.30. The van der Waals surface area contributed by atoms with Crippen LogP contribution in [0, 0.1) is 11.3 Å². The molecule has 0 bridgehead atoms. The molecule has 0 aliphatic carbocycles. The van der Waals surface area contributed by atoms with Gasteiger partial charge in [-0.3, -0.25) is 4.90 Å². The van der Waals surface area contributed by atoms with Crippen molar-refractivity contribution in [3.05, 3.63) is 42.0 Å². The fraction of sp³-hybridized carbons (Fsp3) is 0.400. The Balaban J connectivity index is 1.96. The van der Waals surface area contributed by atoms with Crippen LogP contribution < -0.4 is 0 Å². The lowest BCUT2D eigenvalue weighted by Gasteiger charge is -2.27. The topological polar surface area (TPSA) is 27.0 Å². The van der Waals surface area contributed by atoms with Crippen LogP contribution in [-0.4, -0.2) is 24.5 Å². The first-order valence-corrected chi connectivity index (χ1v) is 6.20. The average Bonchev–Trinajstić information content (AvgIpc) is 2.40. The molecule has 2 nitrogen and oxygen atoms in total. The van der Waals surface area contributed by atoms with E-state index in [9.17, 15) is 0 Å². The van der Waals surface area contributed by atoms with Crippen LogP contribution >= 0.6 is 0 Å². The summed E-state index contributed by atoms with van der Waals surface area (Å²) >= 11 is 0. The highest BCUT2D eigenvalue weighted by Gasteiger charge is 2.11. The molecule has 1 fully saturated rings. The Morgan fingerprint density at radius 1 is 1.18 bits per heavy atom. The molecule has 88 valence electrons. The standard InChI is InChI=1S/C15H18N2/c1-13(12-17-9-3-2-4-10-17)15-7-5-14(11-16)6-8-15/h5-8H,1-4,9-10,12H2. The van der Waals surface area contributed by atoms with Gasteiger partial charge in [-0.1, -0.05) is 25.1 Å². The van der Waals surface area contributed by atoms with E-state index in [1.165, 1.54) is 32.4 Å². The van der Waals surface area contributed by atoms with Gasteiger partial charge >= 0.3 is 0 Å². The zero-order valence-corrected chi connectivity index (χ0v) is 10.2. The highest BCUT2D eigenvalue weighted by molar-refractivity contribution is 5.65. The molecule has 2 rings (SSSR count). The maximum absolute atomic E-state index is 8.75. The van der Waals surface area contributed by atoms with Crippen molar-refractivity contribution in [3.8, 4) is 6.07 Å².